The van der Waals surface area contributed by atoms with E-state index in [-0.39, 0.29) is 16.9 Å². The Labute approximate surface area is 225 Å². The molecule has 0 spiro atoms. The molecule has 0 aliphatic carbocycles. The summed E-state index contributed by atoms with van der Waals surface area (Å²) in [6, 6.07) is 7.38. The number of rotatable bonds is 7. The summed E-state index contributed by atoms with van der Waals surface area (Å²) in [4.78, 5) is 37.3. The first kappa shape index (κ1) is 28.4. The lowest BCUT2D eigenvalue weighted by molar-refractivity contribution is -0.391. The Bertz CT molecular complexity index is 1370. The number of carbonyl (C=O) groups is 3. The van der Waals surface area contributed by atoms with Gasteiger partial charge in [0.2, 0.25) is 0 Å². The van der Waals surface area contributed by atoms with Crippen molar-refractivity contribution >= 4 is 30.1 Å². The van der Waals surface area contributed by atoms with Crippen LogP contribution in [0.4, 0.5) is 0 Å². The average molecular weight is 560 g/mol. The number of aliphatic hydroxyl groups excluding tert-OH is 2. The van der Waals surface area contributed by atoms with Gasteiger partial charge in [-0.2, -0.15) is 0 Å². The molecule has 0 radical (unpaired) electrons. The third-order valence-electron chi connectivity index (χ3n) is 6.13. The molecule has 2 fully saturated rings. The molecule has 14 nitrogen and oxygen atoms in total. The number of hydrogen-bond acceptors (Lipinski definition) is 13. The summed E-state index contributed by atoms with van der Waals surface area (Å²) in [5, 5.41) is 69.1. The number of benzene rings is 2. The lowest BCUT2D eigenvalue weighted by atomic mass is 9.87. The lowest BCUT2D eigenvalue weighted by Crippen LogP contribution is -2.75. The van der Waals surface area contributed by atoms with Gasteiger partial charge in [-0.1, -0.05) is 12.1 Å². The van der Waals surface area contributed by atoms with Gasteiger partial charge in [-0.15, -0.1) is 0 Å². The molecular weight excluding hydrogens is 536 g/mol. The molecule has 40 heavy (non-hydrogen) atoms. The number of esters is 2. The van der Waals surface area contributed by atoms with E-state index < -0.39 is 78.1 Å². The number of carboxylic acid groups (broad SMARTS) is 1. The minimum atomic E-state index is -2.75. The fourth-order valence-electron chi connectivity index (χ4n) is 4.11. The molecule has 6 atom stereocenters. The molecule has 0 saturated carbocycles. The van der Waals surface area contributed by atoms with Crippen LogP contribution in [0.25, 0.3) is 12.2 Å². The minimum Gasteiger partial charge on any atom is -0.504 e. The van der Waals surface area contributed by atoms with Crippen molar-refractivity contribution in [3.05, 3.63) is 59.7 Å². The number of ether oxygens (including phenoxy) is 4. The molecule has 2 bridgehead atoms. The molecule has 14 heteroatoms. The number of carbonyl (C=O) groups excluding carboxylic acids is 2. The fourth-order valence-corrected chi connectivity index (χ4v) is 4.11. The molecular formula is C26H24O14. The van der Waals surface area contributed by atoms with Crippen LogP contribution >= 0.6 is 0 Å². The van der Waals surface area contributed by atoms with Gasteiger partial charge in [-0.3, -0.25) is 0 Å². The molecule has 212 valence electrons. The van der Waals surface area contributed by atoms with Gasteiger partial charge in [0, 0.05) is 12.2 Å². The molecule has 0 unspecified atom stereocenters. The zero-order valence-corrected chi connectivity index (χ0v) is 20.4. The van der Waals surface area contributed by atoms with E-state index in [0.29, 0.717) is 0 Å². The minimum absolute atomic E-state index is 0.269. The van der Waals surface area contributed by atoms with Crippen molar-refractivity contribution in [3.8, 4) is 23.0 Å². The third-order valence-corrected chi connectivity index (χ3v) is 6.13. The molecule has 0 aromatic heterocycles. The van der Waals surface area contributed by atoms with Crippen molar-refractivity contribution in [1.82, 2.24) is 0 Å². The molecule has 2 aliphatic heterocycles. The van der Waals surface area contributed by atoms with E-state index in [9.17, 15) is 50.1 Å². The molecule has 2 aromatic rings. The first-order valence-electron chi connectivity index (χ1n) is 11.6. The summed E-state index contributed by atoms with van der Waals surface area (Å²) >= 11 is 0. The molecule has 2 heterocycles. The van der Waals surface area contributed by atoms with Gasteiger partial charge in [0.1, 0.15) is 12.2 Å². The summed E-state index contributed by atoms with van der Waals surface area (Å²) in [5.74, 6) is -8.43. The van der Waals surface area contributed by atoms with Crippen LogP contribution in [-0.4, -0.2) is 96.6 Å². The lowest BCUT2D eigenvalue weighted by Gasteiger charge is -2.51. The number of hydrogen-bond donors (Lipinski definition) is 7. The van der Waals surface area contributed by atoms with Crippen LogP contribution in [0.3, 0.4) is 0 Å². The van der Waals surface area contributed by atoms with Crippen molar-refractivity contribution in [2.24, 2.45) is 0 Å². The van der Waals surface area contributed by atoms with E-state index in [0.717, 1.165) is 24.3 Å². The van der Waals surface area contributed by atoms with Gasteiger partial charge in [0.05, 0.1) is 6.61 Å². The number of aliphatic hydroxyl groups is 2. The highest BCUT2D eigenvalue weighted by Gasteiger charge is 2.66. The second kappa shape index (κ2) is 11.2. The van der Waals surface area contributed by atoms with Crippen LogP contribution in [0.5, 0.6) is 23.0 Å². The van der Waals surface area contributed by atoms with Crippen molar-refractivity contribution in [2.75, 3.05) is 6.61 Å². The maximum Gasteiger partial charge on any atom is 0.367 e. The Balaban J connectivity index is 1.58. The first-order chi connectivity index (χ1) is 18.9. The van der Waals surface area contributed by atoms with E-state index in [1.165, 1.54) is 36.4 Å². The highest BCUT2D eigenvalue weighted by Crippen LogP contribution is 2.39. The van der Waals surface area contributed by atoms with Crippen molar-refractivity contribution in [3.63, 3.8) is 0 Å². The Kier molecular flexibility index (Phi) is 7.97. The Hall–Kier alpha value is -4.63. The Morgan fingerprint density at radius 1 is 0.800 bits per heavy atom. The van der Waals surface area contributed by atoms with Crippen molar-refractivity contribution < 1.29 is 69.1 Å². The van der Waals surface area contributed by atoms with E-state index in [1.807, 2.05) is 0 Å². The number of aromatic hydroxyl groups is 4. The summed E-state index contributed by atoms with van der Waals surface area (Å²) in [6.07, 6.45) is -4.81. The Morgan fingerprint density at radius 3 is 1.77 bits per heavy atom. The van der Waals surface area contributed by atoms with E-state index in [2.05, 4.69) is 0 Å². The summed E-state index contributed by atoms with van der Waals surface area (Å²) in [6.45, 7) is -0.615. The third kappa shape index (κ3) is 5.69. The zero-order chi connectivity index (χ0) is 29.2. The molecule has 2 aliphatic rings. The van der Waals surface area contributed by atoms with Gasteiger partial charge in [-0.25, -0.2) is 14.4 Å². The number of carboxylic acids is 1. The van der Waals surface area contributed by atoms with Gasteiger partial charge < -0.3 is 54.7 Å². The summed E-state index contributed by atoms with van der Waals surface area (Å²) in [5.41, 5.74) is 0.558. The second-order valence-corrected chi connectivity index (χ2v) is 8.84. The van der Waals surface area contributed by atoms with Crippen molar-refractivity contribution in [1.29, 1.82) is 0 Å². The second-order valence-electron chi connectivity index (χ2n) is 8.84. The molecule has 4 rings (SSSR count). The van der Waals surface area contributed by atoms with Crippen LogP contribution in [0, 0.1) is 0 Å². The Morgan fingerprint density at radius 2 is 1.30 bits per heavy atom. The van der Waals surface area contributed by atoms with Crippen LogP contribution in [0.1, 0.15) is 11.1 Å². The van der Waals surface area contributed by atoms with E-state index in [1.54, 1.807) is 0 Å². The number of fused-ring (bicyclic) bond motifs is 2. The number of phenols is 4. The SMILES string of the molecule is O=C(/C=C/c1ccc(O)c(O)c1)O[C@H]1[C@@H]2O[C@](C(=O)O)(OC[C@H]2O)[C@H](O)[C@H]1OC(=O)/C=C/c1ccc(O)c(O)c1. The maximum atomic E-state index is 12.6. The molecule has 7 N–H and O–H groups in total. The molecule has 2 aromatic carbocycles. The predicted octanol–water partition coefficient (Wildman–Crippen LogP) is -0.00910. The maximum absolute atomic E-state index is 12.6. The van der Waals surface area contributed by atoms with Gasteiger partial charge in [0.15, 0.2) is 41.3 Å². The van der Waals surface area contributed by atoms with E-state index >= 15 is 0 Å². The fraction of sp³-hybridized carbons (Fsp3) is 0.269. The normalized spacial score (nSPS) is 27.9. The van der Waals surface area contributed by atoms with Crippen molar-refractivity contribution in [2.45, 2.75) is 36.3 Å². The highest BCUT2D eigenvalue weighted by atomic mass is 16.8. The topological polar surface area (TPSA) is 230 Å². The largest absolute Gasteiger partial charge is 0.504 e. The van der Waals surface area contributed by atoms with Crippen LogP contribution in [-0.2, 0) is 33.3 Å². The standard InChI is InChI=1S/C26H24O14/c27-14-5-1-12(9-16(14)29)3-7-19(32)38-22-21-18(31)11-37-26(40-21,25(35)36)24(34)23(22)39-20(33)8-4-13-2-6-15(28)17(30)10-13/h1-10,18,21-24,27-31,34H,11H2,(H,35,36)/b7-3+,8-4+/t18-,21-,22+,23+,24-,26-/m1/s1. The van der Waals surface area contributed by atoms with Crippen LogP contribution in [0.15, 0.2) is 48.6 Å². The van der Waals surface area contributed by atoms with Crippen LogP contribution in [0.2, 0.25) is 0 Å². The van der Waals surface area contributed by atoms with Crippen LogP contribution < -0.4 is 0 Å². The van der Waals surface area contributed by atoms with Gasteiger partial charge in [0.25, 0.3) is 0 Å². The smallest absolute Gasteiger partial charge is 0.367 e. The van der Waals surface area contributed by atoms with Gasteiger partial charge >= 0.3 is 23.7 Å². The molecule has 0 amide bonds. The number of aliphatic carboxylic acids is 1. The summed E-state index contributed by atoms with van der Waals surface area (Å²) in [7, 11) is 0. The first-order valence-corrected chi connectivity index (χ1v) is 11.6. The monoisotopic (exact) mass is 560 g/mol. The zero-order valence-electron chi connectivity index (χ0n) is 20.4. The number of phenolic OH excluding ortho intramolecular Hbond substituents is 4. The predicted molar refractivity (Wildman–Crippen MR) is 131 cm³/mol. The highest BCUT2D eigenvalue weighted by molar-refractivity contribution is 5.88. The summed E-state index contributed by atoms with van der Waals surface area (Å²) < 4.78 is 21.0. The average Bonchev–Trinajstić information content (AvgIpc) is 2.91. The molecule has 2 saturated heterocycles. The quantitative estimate of drug-likeness (QED) is 0.134. The van der Waals surface area contributed by atoms with Gasteiger partial charge in [-0.05, 0) is 47.5 Å². The van der Waals surface area contributed by atoms with E-state index in [4.69, 9.17) is 18.9 Å².